The molecule has 0 radical (unpaired) electrons. The molecule has 100 valence electrons. The van der Waals surface area contributed by atoms with Gasteiger partial charge in [0.05, 0.1) is 5.02 Å². The Morgan fingerprint density at radius 3 is 2.63 bits per heavy atom. The van der Waals surface area contributed by atoms with Crippen molar-refractivity contribution < 1.29 is 8.78 Å². The van der Waals surface area contributed by atoms with Crippen molar-refractivity contribution in [3.63, 3.8) is 0 Å². The van der Waals surface area contributed by atoms with Crippen LogP contribution in [0.3, 0.4) is 0 Å². The van der Waals surface area contributed by atoms with Crippen molar-refractivity contribution in [2.75, 3.05) is 0 Å². The Labute approximate surface area is 123 Å². The number of halogens is 4. The van der Waals surface area contributed by atoms with E-state index in [1.807, 2.05) is 0 Å². The third-order valence-corrected chi connectivity index (χ3v) is 3.98. The standard InChI is InChI=1S/C14H11BrClF2N/c15-11-7-13(18)10(6-12(11)16)14(19)5-8-2-1-3-9(17)4-8/h1-4,6-7,14H,5,19H2. The molecule has 0 saturated heterocycles. The normalized spacial score (nSPS) is 12.5. The van der Waals surface area contributed by atoms with Crippen molar-refractivity contribution >= 4 is 27.5 Å². The lowest BCUT2D eigenvalue weighted by molar-refractivity contribution is 0.577. The summed E-state index contributed by atoms with van der Waals surface area (Å²) in [6.07, 6.45) is 0.340. The average Bonchev–Trinajstić information content (AvgIpc) is 2.33. The molecule has 5 heteroatoms. The molecule has 0 heterocycles. The summed E-state index contributed by atoms with van der Waals surface area (Å²) in [6.45, 7) is 0. The Kier molecular flexibility index (Phi) is 4.55. The van der Waals surface area contributed by atoms with E-state index in [9.17, 15) is 8.78 Å². The SMILES string of the molecule is NC(Cc1cccc(F)c1)c1cc(Cl)c(Br)cc1F. The molecular weight excluding hydrogens is 336 g/mol. The van der Waals surface area contributed by atoms with E-state index in [-0.39, 0.29) is 5.82 Å². The number of hydrogen-bond acceptors (Lipinski definition) is 1. The molecular formula is C14H11BrClF2N. The maximum absolute atomic E-state index is 13.8. The fourth-order valence-electron chi connectivity index (χ4n) is 1.85. The molecule has 1 atom stereocenters. The first-order valence-electron chi connectivity index (χ1n) is 5.62. The molecule has 0 bridgehead atoms. The van der Waals surface area contributed by atoms with E-state index in [1.165, 1.54) is 24.3 Å². The van der Waals surface area contributed by atoms with Gasteiger partial charge in [-0.2, -0.15) is 0 Å². The molecule has 2 aromatic rings. The molecule has 0 amide bonds. The van der Waals surface area contributed by atoms with Crippen molar-refractivity contribution in [3.05, 3.63) is 68.7 Å². The van der Waals surface area contributed by atoms with Crippen LogP contribution in [0.5, 0.6) is 0 Å². The number of benzene rings is 2. The first-order chi connectivity index (χ1) is 8.97. The van der Waals surface area contributed by atoms with E-state index < -0.39 is 11.9 Å². The maximum Gasteiger partial charge on any atom is 0.129 e. The van der Waals surface area contributed by atoms with Crippen molar-refractivity contribution in [2.45, 2.75) is 12.5 Å². The van der Waals surface area contributed by atoms with E-state index in [0.717, 1.165) is 0 Å². The van der Waals surface area contributed by atoms with Gasteiger partial charge in [0.15, 0.2) is 0 Å². The third kappa shape index (κ3) is 3.53. The second-order valence-electron chi connectivity index (χ2n) is 4.23. The highest BCUT2D eigenvalue weighted by Gasteiger charge is 2.15. The molecule has 2 rings (SSSR count). The zero-order valence-corrected chi connectivity index (χ0v) is 12.2. The first kappa shape index (κ1) is 14.4. The molecule has 0 saturated carbocycles. The Morgan fingerprint density at radius 2 is 1.95 bits per heavy atom. The van der Waals surface area contributed by atoms with E-state index in [0.29, 0.717) is 27.0 Å². The van der Waals surface area contributed by atoms with Crippen LogP contribution in [0.15, 0.2) is 40.9 Å². The van der Waals surface area contributed by atoms with Gasteiger partial charge in [-0.1, -0.05) is 23.7 Å². The summed E-state index contributed by atoms with van der Waals surface area (Å²) in [4.78, 5) is 0. The van der Waals surface area contributed by atoms with Crippen LogP contribution in [0, 0.1) is 11.6 Å². The lowest BCUT2D eigenvalue weighted by Crippen LogP contribution is -2.15. The average molecular weight is 347 g/mol. The van der Waals surface area contributed by atoms with Gasteiger partial charge in [0, 0.05) is 16.1 Å². The van der Waals surface area contributed by atoms with E-state index in [1.54, 1.807) is 12.1 Å². The predicted octanol–water partition coefficient (Wildman–Crippen LogP) is 4.62. The molecule has 19 heavy (non-hydrogen) atoms. The minimum atomic E-state index is -0.576. The predicted molar refractivity (Wildman–Crippen MR) is 76.1 cm³/mol. The monoisotopic (exact) mass is 345 g/mol. The third-order valence-electron chi connectivity index (χ3n) is 2.78. The second kappa shape index (κ2) is 5.99. The summed E-state index contributed by atoms with van der Waals surface area (Å²) in [7, 11) is 0. The molecule has 2 aromatic carbocycles. The highest BCUT2D eigenvalue weighted by Crippen LogP contribution is 2.29. The summed E-state index contributed by atoms with van der Waals surface area (Å²) >= 11 is 9.07. The zero-order chi connectivity index (χ0) is 14.0. The molecule has 0 aliphatic carbocycles. The van der Waals surface area contributed by atoms with Crippen molar-refractivity contribution in [3.8, 4) is 0 Å². The van der Waals surface area contributed by atoms with Crippen LogP contribution >= 0.6 is 27.5 Å². The van der Waals surface area contributed by atoms with Crippen molar-refractivity contribution in [1.29, 1.82) is 0 Å². The van der Waals surface area contributed by atoms with Gasteiger partial charge in [-0.15, -0.1) is 0 Å². The molecule has 0 spiro atoms. The van der Waals surface area contributed by atoms with Gasteiger partial charge in [-0.25, -0.2) is 8.78 Å². The van der Waals surface area contributed by atoms with Crippen molar-refractivity contribution in [2.24, 2.45) is 5.73 Å². The number of rotatable bonds is 3. The Hall–Kier alpha value is -0.970. The summed E-state index contributed by atoms with van der Waals surface area (Å²) in [5, 5.41) is 0.395. The van der Waals surface area contributed by atoms with Crippen LogP contribution < -0.4 is 5.73 Å². The lowest BCUT2D eigenvalue weighted by atomic mass is 9.99. The molecule has 0 aliphatic rings. The van der Waals surface area contributed by atoms with E-state index in [4.69, 9.17) is 17.3 Å². The second-order valence-corrected chi connectivity index (χ2v) is 5.49. The van der Waals surface area contributed by atoms with Crippen LogP contribution in [0.4, 0.5) is 8.78 Å². The van der Waals surface area contributed by atoms with Crippen LogP contribution in [0.2, 0.25) is 5.02 Å². The summed E-state index contributed by atoms with van der Waals surface area (Å²) in [6, 6.07) is 8.29. The van der Waals surface area contributed by atoms with Crippen LogP contribution in [0.1, 0.15) is 17.2 Å². The maximum atomic E-state index is 13.8. The Morgan fingerprint density at radius 1 is 1.21 bits per heavy atom. The van der Waals surface area contributed by atoms with Gasteiger partial charge in [-0.3, -0.25) is 0 Å². The zero-order valence-electron chi connectivity index (χ0n) is 9.84. The molecule has 1 nitrogen and oxygen atoms in total. The molecule has 2 N–H and O–H groups in total. The fraction of sp³-hybridized carbons (Fsp3) is 0.143. The highest BCUT2D eigenvalue weighted by atomic mass is 79.9. The van der Waals surface area contributed by atoms with Gasteiger partial charge < -0.3 is 5.73 Å². The molecule has 0 fully saturated rings. The van der Waals surface area contributed by atoms with Gasteiger partial charge in [0.2, 0.25) is 0 Å². The van der Waals surface area contributed by atoms with Gasteiger partial charge in [-0.05, 0) is 52.2 Å². The fourth-order valence-corrected chi connectivity index (χ4v) is 2.34. The number of nitrogens with two attached hydrogens (primary N) is 1. The first-order valence-corrected chi connectivity index (χ1v) is 6.79. The molecule has 0 aromatic heterocycles. The topological polar surface area (TPSA) is 26.0 Å². The molecule has 0 aliphatic heterocycles. The van der Waals surface area contributed by atoms with Gasteiger partial charge in [0.25, 0.3) is 0 Å². The minimum absolute atomic E-state index is 0.317. The Balaban J connectivity index is 2.25. The summed E-state index contributed by atoms with van der Waals surface area (Å²) in [5.41, 5.74) is 6.99. The Bertz CT molecular complexity index is 604. The highest BCUT2D eigenvalue weighted by molar-refractivity contribution is 9.10. The summed E-state index contributed by atoms with van der Waals surface area (Å²) < 4.78 is 27.4. The minimum Gasteiger partial charge on any atom is -0.324 e. The smallest absolute Gasteiger partial charge is 0.129 e. The largest absolute Gasteiger partial charge is 0.324 e. The van der Waals surface area contributed by atoms with Crippen LogP contribution in [-0.2, 0) is 6.42 Å². The van der Waals surface area contributed by atoms with Crippen molar-refractivity contribution in [1.82, 2.24) is 0 Å². The quantitative estimate of drug-likeness (QED) is 0.806. The van der Waals surface area contributed by atoms with Crippen LogP contribution in [-0.4, -0.2) is 0 Å². The number of hydrogen-bond donors (Lipinski definition) is 1. The summed E-state index contributed by atoms with van der Waals surface area (Å²) in [5.74, 6) is -0.765. The van der Waals surface area contributed by atoms with E-state index >= 15 is 0 Å². The molecule has 1 unspecified atom stereocenters. The van der Waals surface area contributed by atoms with Crippen LogP contribution in [0.25, 0.3) is 0 Å². The van der Waals surface area contributed by atoms with Gasteiger partial charge >= 0.3 is 0 Å². The van der Waals surface area contributed by atoms with Gasteiger partial charge in [0.1, 0.15) is 11.6 Å². The van der Waals surface area contributed by atoms with E-state index in [2.05, 4.69) is 15.9 Å². The lowest BCUT2D eigenvalue weighted by Gasteiger charge is -2.14.